The molecule has 94 valence electrons. The molecular formula is C14H20ClNO. The summed E-state index contributed by atoms with van der Waals surface area (Å²) in [5.74, 6) is 0.737. The van der Waals surface area contributed by atoms with Gasteiger partial charge in [0.1, 0.15) is 12.4 Å². The van der Waals surface area contributed by atoms with E-state index in [0.717, 1.165) is 29.7 Å². The zero-order chi connectivity index (χ0) is 12.8. The van der Waals surface area contributed by atoms with Crippen LogP contribution in [0.25, 0.3) is 0 Å². The summed E-state index contributed by atoms with van der Waals surface area (Å²) in [5, 5.41) is 0.632. The van der Waals surface area contributed by atoms with E-state index in [9.17, 15) is 0 Å². The smallest absolute Gasteiger partial charge is 0.141 e. The van der Waals surface area contributed by atoms with Crippen molar-refractivity contribution < 1.29 is 4.74 Å². The normalized spacial score (nSPS) is 12.2. The average Bonchev–Trinajstić information content (AvgIpc) is 2.27. The lowest BCUT2D eigenvalue weighted by atomic mass is 10.1. The first-order chi connectivity index (χ1) is 8.04. The summed E-state index contributed by atoms with van der Waals surface area (Å²) in [6, 6.07) is 5.84. The lowest BCUT2D eigenvalue weighted by molar-refractivity contribution is 0.345. The van der Waals surface area contributed by atoms with Gasteiger partial charge in [0.15, 0.2) is 0 Å². The Morgan fingerprint density at radius 2 is 2.24 bits per heavy atom. The van der Waals surface area contributed by atoms with Gasteiger partial charge in [0.25, 0.3) is 0 Å². The highest BCUT2D eigenvalue weighted by Crippen LogP contribution is 2.29. The Kier molecular flexibility index (Phi) is 5.52. The lowest BCUT2D eigenvalue weighted by Crippen LogP contribution is -2.18. The van der Waals surface area contributed by atoms with Crippen molar-refractivity contribution in [3.63, 3.8) is 0 Å². The maximum atomic E-state index is 6.14. The van der Waals surface area contributed by atoms with Gasteiger partial charge >= 0.3 is 0 Å². The molecule has 17 heavy (non-hydrogen) atoms. The monoisotopic (exact) mass is 253 g/mol. The molecular weight excluding hydrogens is 234 g/mol. The molecule has 1 unspecified atom stereocenters. The van der Waals surface area contributed by atoms with Crippen LogP contribution in [0.5, 0.6) is 5.75 Å². The van der Waals surface area contributed by atoms with Crippen LogP contribution in [0.3, 0.4) is 0 Å². The summed E-state index contributed by atoms with van der Waals surface area (Å²) in [6.45, 7) is 8.45. The van der Waals surface area contributed by atoms with Crippen LogP contribution in [0, 0.1) is 0 Å². The Morgan fingerprint density at radius 3 is 2.82 bits per heavy atom. The molecule has 0 bridgehead atoms. The van der Waals surface area contributed by atoms with Crippen LogP contribution in [0.1, 0.15) is 25.8 Å². The van der Waals surface area contributed by atoms with Crippen LogP contribution < -0.4 is 10.5 Å². The number of benzene rings is 1. The van der Waals surface area contributed by atoms with Crippen LogP contribution in [0.15, 0.2) is 30.4 Å². The third-order valence-electron chi connectivity index (χ3n) is 2.51. The van der Waals surface area contributed by atoms with Crippen LogP contribution in [-0.2, 0) is 6.42 Å². The predicted molar refractivity (Wildman–Crippen MR) is 73.7 cm³/mol. The van der Waals surface area contributed by atoms with E-state index in [4.69, 9.17) is 22.1 Å². The van der Waals surface area contributed by atoms with Crippen molar-refractivity contribution >= 4 is 11.6 Å². The number of hydrogen-bond donors (Lipinski definition) is 1. The number of rotatable bonds is 6. The second-order valence-corrected chi connectivity index (χ2v) is 4.71. The lowest BCUT2D eigenvalue weighted by Gasteiger charge is -2.15. The molecule has 3 heteroatoms. The number of hydrogen-bond acceptors (Lipinski definition) is 2. The largest absolute Gasteiger partial charge is 0.487 e. The summed E-state index contributed by atoms with van der Waals surface area (Å²) in [6.07, 6.45) is 1.67. The molecule has 1 aromatic carbocycles. The molecule has 0 heterocycles. The third-order valence-corrected chi connectivity index (χ3v) is 2.81. The molecule has 0 aromatic heterocycles. The van der Waals surface area contributed by atoms with Crippen LogP contribution >= 0.6 is 11.6 Å². The molecule has 0 fully saturated rings. The summed E-state index contributed by atoms with van der Waals surface area (Å²) in [4.78, 5) is 0. The van der Waals surface area contributed by atoms with Gasteiger partial charge in [-0.2, -0.15) is 0 Å². The van der Waals surface area contributed by atoms with Crippen molar-refractivity contribution in [2.75, 3.05) is 6.61 Å². The minimum Gasteiger partial charge on any atom is -0.487 e. The molecule has 0 amide bonds. The van der Waals surface area contributed by atoms with Gasteiger partial charge in [0.2, 0.25) is 0 Å². The van der Waals surface area contributed by atoms with E-state index in [1.807, 2.05) is 25.1 Å². The highest BCUT2D eigenvalue weighted by molar-refractivity contribution is 6.32. The minimum atomic E-state index is 0.0881. The van der Waals surface area contributed by atoms with Crippen LogP contribution in [-0.4, -0.2) is 12.6 Å². The zero-order valence-corrected chi connectivity index (χ0v) is 11.3. The second-order valence-electron chi connectivity index (χ2n) is 4.30. The van der Waals surface area contributed by atoms with Gasteiger partial charge in [0, 0.05) is 6.04 Å². The van der Waals surface area contributed by atoms with Gasteiger partial charge < -0.3 is 10.5 Å². The fraction of sp³-hybridized carbons (Fsp3) is 0.429. The standard InChI is InChI=1S/C14H20ClNO/c1-4-10(2)9-17-14-12(8-11(3)16)6-5-7-13(14)15/h5-7,11H,2,4,8-9,16H2,1,3H3. The molecule has 0 saturated heterocycles. The Balaban J connectivity index is 2.83. The topological polar surface area (TPSA) is 35.2 Å². The Labute approximate surface area is 108 Å². The maximum Gasteiger partial charge on any atom is 0.141 e. The summed E-state index contributed by atoms with van der Waals surface area (Å²) in [5.41, 5.74) is 7.91. The van der Waals surface area contributed by atoms with Gasteiger partial charge in [-0.3, -0.25) is 0 Å². The fourth-order valence-corrected chi connectivity index (χ4v) is 1.75. The van der Waals surface area contributed by atoms with Gasteiger partial charge in [-0.05, 0) is 37.0 Å². The molecule has 0 aliphatic heterocycles. The van der Waals surface area contributed by atoms with Gasteiger partial charge in [0.05, 0.1) is 5.02 Å². The molecule has 1 aromatic rings. The molecule has 0 spiro atoms. The molecule has 0 aliphatic carbocycles. The second kappa shape index (κ2) is 6.67. The van der Waals surface area contributed by atoms with E-state index in [-0.39, 0.29) is 6.04 Å². The number of nitrogens with two attached hydrogens (primary N) is 1. The first-order valence-corrected chi connectivity index (χ1v) is 6.24. The Bertz CT molecular complexity index is 388. The molecule has 1 atom stereocenters. The van der Waals surface area contributed by atoms with E-state index in [1.165, 1.54) is 0 Å². The fourth-order valence-electron chi connectivity index (χ4n) is 1.50. The van der Waals surface area contributed by atoms with Crippen molar-refractivity contribution in [3.8, 4) is 5.75 Å². The van der Waals surface area contributed by atoms with Crippen LogP contribution in [0.4, 0.5) is 0 Å². The van der Waals surface area contributed by atoms with Crippen molar-refractivity contribution in [3.05, 3.63) is 40.9 Å². The van der Waals surface area contributed by atoms with Crippen molar-refractivity contribution in [1.29, 1.82) is 0 Å². The van der Waals surface area contributed by atoms with E-state index < -0.39 is 0 Å². The van der Waals surface area contributed by atoms with E-state index in [2.05, 4.69) is 13.5 Å². The molecule has 0 radical (unpaired) electrons. The maximum absolute atomic E-state index is 6.14. The van der Waals surface area contributed by atoms with Crippen molar-refractivity contribution in [1.82, 2.24) is 0 Å². The first-order valence-electron chi connectivity index (χ1n) is 5.87. The number of para-hydroxylation sites is 1. The number of halogens is 1. The highest BCUT2D eigenvalue weighted by atomic mass is 35.5. The van der Waals surface area contributed by atoms with Crippen LogP contribution in [0.2, 0.25) is 5.02 Å². The van der Waals surface area contributed by atoms with Gasteiger partial charge in [-0.1, -0.05) is 37.2 Å². The zero-order valence-electron chi connectivity index (χ0n) is 10.5. The minimum absolute atomic E-state index is 0.0881. The summed E-state index contributed by atoms with van der Waals surface area (Å²) < 4.78 is 5.73. The average molecular weight is 254 g/mol. The summed E-state index contributed by atoms with van der Waals surface area (Å²) in [7, 11) is 0. The Morgan fingerprint density at radius 1 is 1.53 bits per heavy atom. The SMILES string of the molecule is C=C(CC)COc1c(Cl)cccc1CC(C)N. The third kappa shape index (κ3) is 4.41. The Hall–Kier alpha value is -0.990. The van der Waals surface area contributed by atoms with E-state index >= 15 is 0 Å². The highest BCUT2D eigenvalue weighted by Gasteiger charge is 2.10. The van der Waals surface area contributed by atoms with E-state index in [0.29, 0.717) is 11.6 Å². The van der Waals surface area contributed by atoms with Gasteiger partial charge in [-0.25, -0.2) is 0 Å². The first kappa shape index (κ1) is 14.1. The molecule has 2 nitrogen and oxygen atoms in total. The summed E-state index contributed by atoms with van der Waals surface area (Å²) >= 11 is 6.14. The van der Waals surface area contributed by atoms with Gasteiger partial charge in [-0.15, -0.1) is 0 Å². The number of ether oxygens (including phenoxy) is 1. The van der Waals surface area contributed by atoms with Crippen molar-refractivity contribution in [2.24, 2.45) is 5.73 Å². The predicted octanol–water partition coefficient (Wildman–Crippen LogP) is 3.57. The molecule has 0 saturated carbocycles. The van der Waals surface area contributed by atoms with Crippen molar-refractivity contribution in [2.45, 2.75) is 32.7 Å². The van der Waals surface area contributed by atoms with E-state index in [1.54, 1.807) is 0 Å². The quantitative estimate of drug-likeness (QED) is 0.787. The molecule has 0 aliphatic rings. The molecule has 2 N–H and O–H groups in total. The molecule has 1 rings (SSSR count).